The van der Waals surface area contributed by atoms with Crippen molar-refractivity contribution in [3.8, 4) is 22.5 Å². The van der Waals surface area contributed by atoms with Crippen molar-refractivity contribution in [2.24, 2.45) is 0 Å². The molecule has 0 N–H and O–H groups in total. The van der Waals surface area contributed by atoms with Gasteiger partial charge in [0.1, 0.15) is 0 Å². The maximum Gasteiger partial charge on any atom is 0.0167 e. The number of benzene rings is 5. The standard InChI is InChI=1S/C29H26N.C11H8N.Ir/c1-18(2)21-15-22(19(3)4)17-23(16-21)29-28-12-11-25-24-8-6-5-7-20(24)9-10-26(25)27(28)13-14-30-29;1-2-6-10(7-3-1)11-8-4-5-9-12-11;/h5-16,18-19H,1-4H3;1-6,8-9H;/q2*-1;. The Morgan fingerprint density at radius 1 is 0.558 bits per heavy atom. The van der Waals surface area contributed by atoms with Gasteiger partial charge in [0, 0.05) is 32.5 Å². The molecule has 0 amide bonds. The van der Waals surface area contributed by atoms with Crippen LogP contribution in [0.5, 0.6) is 0 Å². The summed E-state index contributed by atoms with van der Waals surface area (Å²) in [5.41, 5.74) is 6.72. The van der Waals surface area contributed by atoms with E-state index in [1.54, 1.807) is 6.20 Å². The number of nitrogens with zero attached hydrogens (tertiary/aromatic N) is 2. The molecular formula is C40H34IrN2-2. The molecule has 3 heteroatoms. The molecule has 2 aromatic heterocycles. The normalized spacial score (nSPS) is 11.0. The molecule has 0 fully saturated rings. The van der Waals surface area contributed by atoms with E-state index in [2.05, 4.69) is 112 Å². The molecule has 0 saturated carbocycles. The molecule has 0 aliphatic rings. The summed E-state index contributed by atoms with van der Waals surface area (Å²) < 4.78 is 0. The summed E-state index contributed by atoms with van der Waals surface area (Å²) in [6, 6.07) is 44.7. The van der Waals surface area contributed by atoms with Crippen LogP contribution in [0.15, 0.2) is 122 Å². The van der Waals surface area contributed by atoms with E-state index < -0.39 is 0 Å². The van der Waals surface area contributed by atoms with Crippen LogP contribution in [-0.4, -0.2) is 9.97 Å². The molecule has 0 aliphatic carbocycles. The molecule has 215 valence electrons. The second-order valence-corrected chi connectivity index (χ2v) is 11.3. The first-order valence-corrected chi connectivity index (χ1v) is 14.6. The predicted molar refractivity (Wildman–Crippen MR) is 178 cm³/mol. The number of pyridine rings is 2. The van der Waals surface area contributed by atoms with Crippen LogP contribution in [0.4, 0.5) is 0 Å². The van der Waals surface area contributed by atoms with Crippen molar-refractivity contribution < 1.29 is 20.1 Å². The SMILES string of the molecule is CC(C)c1[c-]c(-c2nccc3c2ccc2c4ccccc4ccc32)cc(C(C)C)c1.[Ir].[c-]1ccccc1-c1ccccn1. The Morgan fingerprint density at radius 2 is 1.28 bits per heavy atom. The van der Waals surface area contributed by atoms with Crippen LogP contribution >= 0.6 is 0 Å². The summed E-state index contributed by atoms with van der Waals surface area (Å²) in [6.45, 7) is 8.96. The van der Waals surface area contributed by atoms with Gasteiger partial charge >= 0.3 is 0 Å². The minimum atomic E-state index is 0. The number of fused-ring (bicyclic) bond motifs is 5. The van der Waals surface area contributed by atoms with Gasteiger partial charge in [0.05, 0.1) is 0 Å². The third-order valence-electron chi connectivity index (χ3n) is 7.77. The largest absolute Gasteiger partial charge is 0.305 e. The van der Waals surface area contributed by atoms with Crippen LogP contribution in [0.1, 0.15) is 50.7 Å². The van der Waals surface area contributed by atoms with Gasteiger partial charge in [0.25, 0.3) is 0 Å². The Morgan fingerprint density at radius 3 is 2.02 bits per heavy atom. The van der Waals surface area contributed by atoms with Gasteiger partial charge in [0.2, 0.25) is 0 Å². The van der Waals surface area contributed by atoms with Crippen LogP contribution < -0.4 is 0 Å². The van der Waals surface area contributed by atoms with Gasteiger partial charge < -0.3 is 9.97 Å². The van der Waals surface area contributed by atoms with E-state index >= 15 is 0 Å². The predicted octanol–water partition coefficient (Wildman–Crippen LogP) is 10.8. The molecule has 5 aromatic carbocycles. The zero-order valence-corrected chi connectivity index (χ0v) is 27.3. The summed E-state index contributed by atoms with van der Waals surface area (Å²) in [4.78, 5) is 9.03. The Kier molecular flexibility index (Phi) is 9.46. The molecule has 7 aromatic rings. The molecule has 43 heavy (non-hydrogen) atoms. The second kappa shape index (κ2) is 13.4. The third kappa shape index (κ3) is 6.44. The monoisotopic (exact) mass is 735 g/mol. The summed E-state index contributed by atoms with van der Waals surface area (Å²) in [5, 5.41) is 7.58. The first kappa shape index (κ1) is 30.3. The van der Waals surface area contributed by atoms with Crippen molar-refractivity contribution in [1.29, 1.82) is 0 Å². The molecule has 2 nitrogen and oxygen atoms in total. The second-order valence-electron chi connectivity index (χ2n) is 11.3. The molecule has 0 saturated heterocycles. The van der Waals surface area contributed by atoms with Gasteiger partial charge in [-0.15, -0.1) is 70.8 Å². The average molecular weight is 735 g/mol. The number of hydrogen-bond donors (Lipinski definition) is 0. The molecule has 0 bridgehead atoms. The fourth-order valence-electron chi connectivity index (χ4n) is 5.43. The van der Waals surface area contributed by atoms with Crippen molar-refractivity contribution in [2.75, 3.05) is 0 Å². The maximum atomic E-state index is 4.82. The van der Waals surface area contributed by atoms with E-state index in [-0.39, 0.29) is 20.1 Å². The summed E-state index contributed by atoms with van der Waals surface area (Å²) in [7, 11) is 0. The molecular weight excluding hydrogens is 701 g/mol. The molecule has 0 unspecified atom stereocenters. The van der Waals surface area contributed by atoms with E-state index in [1.165, 1.54) is 43.4 Å². The van der Waals surface area contributed by atoms with Crippen LogP contribution in [0.2, 0.25) is 0 Å². The Balaban J connectivity index is 0.000000238. The Labute approximate surface area is 268 Å². The average Bonchev–Trinajstić information content (AvgIpc) is 3.05. The topological polar surface area (TPSA) is 25.8 Å². The van der Waals surface area contributed by atoms with Gasteiger partial charge in [-0.25, -0.2) is 0 Å². The molecule has 7 rings (SSSR count). The number of hydrogen-bond acceptors (Lipinski definition) is 2. The van der Waals surface area contributed by atoms with Gasteiger partial charge in [-0.2, -0.15) is 0 Å². The van der Waals surface area contributed by atoms with Gasteiger partial charge in [-0.05, 0) is 67.7 Å². The minimum absolute atomic E-state index is 0. The van der Waals surface area contributed by atoms with Gasteiger partial charge in [0.15, 0.2) is 0 Å². The number of aromatic nitrogens is 2. The molecule has 0 spiro atoms. The van der Waals surface area contributed by atoms with Crippen molar-refractivity contribution in [1.82, 2.24) is 9.97 Å². The molecule has 2 heterocycles. The Bertz CT molecular complexity index is 1920. The smallest absolute Gasteiger partial charge is 0.0167 e. The Hall–Kier alpha value is -4.17. The van der Waals surface area contributed by atoms with Crippen molar-refractivity contribution in [2.45, 2.75) is 39.5 Å². The quantitative estimate of drug-likeness (QED) is 0.133. The summed E-state index contributed by atoms with van der Waals surface area (Å²) >= 11 is 0. The third-order valence-corrected chi connectivity index (χ3v) is 7.77. The first-order valence-electron chi connectivity index (χ1n) is 14.6. The fraction of sp³-hybridized carbons (Fsp3) is 0.150. The van der Waals surface area contributed by atoms with Crippen molar-refractivity contribution >= 4 is 32.3 Å². The van der Waals surface area contributed by atoms with Crippen LogP contribution in [0, 0.1) is 12.1 Å². The van der Waals surface area contributed by atoms with Gasteiger partial charge in [-0.3, -0.25) is 0 Å². The maximum absolute atomic E-state index is 4.82. The van der Waals surface area contributed by atoms with E-state index in [4.69, 9.17) is 4.98 Å². The molecule has 1 radical (unpaired) electrons. The first-order chi connectivity index (χ1) is 20.5. The minimum Gasteiger partial charge on any atom is -0.305 e. The number of rotatable bonds is 4. The fourth-order valence-corrected chi connectivity index (χ4v) is 5.43. The van der Waals surface area contributed by atoms with Crippen LogP contribution in [-0.2, 0) is 20.1 Å². The van der Waals surface area contributed by atoms with E-state index in [0.717, 1.165) is 22.5 Å². The summed E-state index contributed by atoms with van der Waals surface area (Å²) in [5.74, 6) is 0.905. The zero-order chi connectivity index (χ0) is 29.1. The van der Waals surface area contributed by atoms with E-state index in [0.29, 0.717) is 11.8 Å². The van der Waals surface area contributed by atoms with Crippen LogP contribution in [0.25, 0.3) is 54.8 Å². The zero-order valence-electron chi connectivity index (χ0n) is 24.9. The van der Waals surface area contributed by atoms with Crippen molar-refractivity contribution in [3.05, 3.63) is 145 Å². The summed E-state index contributed by atoms with van der Waals surface area (Å²) in [6.07, 6.45) is 3.73. The van der Waals surface area contributed by atoms with Gasteiger partial charge in [-0.1, -0.05) is 88.4 Å². The van der Waals surface area contributed by atoms with Crippen LogP contribution in [0.3, 0.4) is 0 Å². The molecule has 0 aliphatic heterocycles. The van der Waals surface area contributed by atoms with Crippen molar-refractivity contribution in [3.63, 3.8) is 0 Å². The van der Waals surface area contributed by atoms with E-state index in [1.807, 2.05) is 48.7 Å². The van der Waals surface area contributed by atoms with E-state index in [9.17, 15) is 0 Å². The molecule has 0 atom stereocenters.